The Bertz CT molecular complexity index is 1000. The second-order valence-electron chi connectivity index (χ2n) is 9.89. The van der Waals surface area contributed by atoms with Crippen LogP contribution in [0.4, 0.5) is 0 Å². The maximum Gasteiger partial charge on any atom is 0.405 e. The van der Waals surface area contributed by atoms with E-state index in [2.05, 4.69) is 18.1 Å². The SMILES string of the molecule is C[N+](C)(C)C(C(O)(P(=O)(O)OCC(O)CO)P(=O)(O)OCC(O)CO)(P(=O)(O)OCC(O)CO)P(=O)(O)OCC(O)CO. The van der Waals surface area contributed by atoms with Gasteiger partial charge in [-0.3, -0.25) is 18.3 Å². The van der Waals surface area contributed by atoms with Crippen LogP contribution in [0.3, 0.4) is 0 Å². The van der Waals surface area contributed by atoms with Crippen LogP contribution in [0.25, 0.3) is 0 Å². The van der Waals surface area contributed by atoms with Crippen molar-refractivity contribution in [1.82, 2.24) is 0 Å². The smallest absolute Gasteiger partial charge is 0.394 e. The Morgan fingerprint density at radius 3 is 0.930 bits per heavy atom. The molecule has 0 saturated heterocycles. The molecule has 43 heavy (non-hydrogen) atoms. The highest BCUT2D eigenvalue weighted by molar-refractivity contribution is 7.80. The van der Waals surface area contributed by atoms with Crippen LogP contribution in [-0.2, 0) is 36.4 Å². The fourth-order valence-corrected chi connectivity index (χ4v) is 15.7. The molecule has 22 nitrogen and oxygen atoms in total. The molecule has 0 aromatic rings. The highest BCUT2D eigenvalue weighted by atomic mass is 31.3. The van der Waals surface area contributed by atoms with Crippen LogP contribution >= 0.6 is 30.4 Å². The van der Waals surface area contributed by atoms with Crippen molar-refractivity contribution in [2.75, 3.05) is 74.0 Å². The molecule has 0 saturated carbocycles. The monoisotopic (exact) mass is 720 g/mol. The maximum absolute atomic E-state index is 14.1. The number of aliphatic hydroxyl groups excluding tert-OH is 8. The van der Waals surface area contributed by atoms with Gasteiger partial charge in [-0.05, 0) is 0 Å². The van der Waals surface area contributed by atoms with Crippen molar-refractivity contribution in [3.8, 4) is 0 Å². The number of hydrogen-bond acceptors (Lipinski definition) is 17. The van der Waals surface area contributed by atoms with Crippen LogP contribution in [0, 0.1) is 0 Å². The third-order valence-corrected chi connectivity index (χ3v) is 17.0. The standard InChI is InChI=1S/C17H41NO21P4/c1-18(2,3)16(40(28,29)36-8-12(23)4-19,41(30,31)37-9-13(24)5-20)17(27,42(32,33)38-10-14(25)6-21)43(34,35)39-11-15(26)7-22/h12-15,19-27H,4-11H2,1-3H3,(H3-,28,29,30,31,32,33,34,35)/p+1. The van der Waals surface area contributed by atoms with E-state index in [0.29, 0.717) is 21.1 Å². The van der Waals surface area contributed by atoms with E-state index in [1.807, 2.05) is 0 Å². The van der Waals surface area contributed by atoms with Crippen molar-refractivity contribution >= 4 is 30.4 Å². The summed E-state index contributed by atoms with van der Waals surface area (Å²) in [6.07, 6.45) is -8.20. The molecule has 8 unspecified atom stereocenters. The molecule has 0 heterocycles. The molecule has 0 spiro atoms. The number of nitrogens with zero attached hydrogens (tertiary/aromatic N) is 1. The normalized spacial score (nSPS) is 24.2. The molecule has 0 aliphatic heterocycles. The molecule has 8 atom stereocenters. The Kier molecular flexibility index (Phi) is 16.4. The Hall–Kier alpha value is 0.200. The van der Waals surface area contributed by atoms with Gasteiger partial charge in [-0.2, -0.15) is 0 Å². The molecule has 0 bridgehead atoms. The number of likely N-dealkylation sites (N-methyl/N-ethyl adjacent to an activating group) is 1. The lowest BCUT2D eigenvalue weighted by atomic mass is 10.4. The Balaban J connectivity index is 8.26. The third kappa shape index (κ3) is 9.18. The predicted molar refractivity (Wildman–Crippen MR) is 141 cm³/mol. The van der Waals surface area contributed by atoms with Crippen molar-refractivity contribution in [2.24, 2.45) is 0 Å². The highest BCUT2D eigenvalue weighted by Gasteiger charge is 2.93. The molecular formula is C17H42NO21P4+. The first kappa shape index (κ1) is 43.2. The van der Waals surface area contributed by atoms with E-state index in [-0.39, 0.29) is 0 Å². The molecule has 0 aliphatic carbocycles. The van der Waals surface area contributed by atoms with E-state index < -0.39 is 122 Å². The van der Waals surface area contributed by atoms with Gasteiger partial charge in [0.05, 0.1) is 74.0 Å². The summed E-state index contributed by atoms with van der Waals surface area (Å²) in [6.45, 7) is -10.6. The number of hydrogen-bond donors (Lipinski definition) is 13. The molecule has 260 valence electrons. The summed E-state index contributed by atoms with van der Waals surface area (Å²) in [5.41, 5.74) is 0. The van der Waals surface area contributed by atoms with Gasteiger partial charge in [-0.15, -0.1) is 0 Å². The van der Waals surface area contributed by atoms with Gasteiger partial charge in [0.1, 0.15) is 24.4 Å². The summed E-state index contributed by atoms with van der Waals surface area (Å²) < 4.78 is 72.3. The predicted octanol–water partition coefficient (Wildman–Crippen LogP) is -4.79. The van der Waals surface area contributed by atoms with Gasteiger partial charge in [0.2, 0.25) is 0 Å². The lowest BCUT2D eigenvalue weighted by Gasteiger charge is -2.54. The molecule has 0 radical (unpaired) electrons. The van der Waals surface area contributed by atoms with Gasteiger partial charge < -0.3 is 88.1 Å². The molecule has 26 heteroatoms. The van der Waals surface area contributed by atoms with Gasteiger partial charge in [-0.1, -0.05) is 0 Å². The van der Waals surface area contributed by atoms with Crippen molar-refractivity contribution in [2.45, 2.75) is 34.5 Å². The number of rotatable bonds is 22. The summed E-state index contributed by atoms with van der Waals surface area (Å²) in [7, 11) is -24.8. The second-order valence-corrected chi connectivity index (χ2v) is 18.4. The molecule has 13 N–H and O–H groups in total. The zero-order chi connectivity index (χ0) is 34.3. The Morgan fingerprint density at radius 2 is 0.744 bits per heavy atom. The van der Waals surface area contributed by atoms with Gasteiger partial charge >= 0.3 is 40.5 Å². The molecular weight excluding hydrogens is 678 g/mol. The minimum absolute atomic E-state index is 0.638. The summed E-state index contributed by atoms with van der Waals surface area (Å²) in [5, 5.41) is 77.3. The van der Waals surface area contributed by atoms with Gasteiger partial charge in [0, 0.05) is 0 Å². The van der Waals surface area contributed by atoms with Crippen LogP contribution in [0.5, 0.6) is 0 Å². The van der Waals surface area contributed by atoms with E-state index in [4.69, 9.17) is 20.4 Å². The topological polar surface area (TPSA) is 368 Å². The lowest BCUT2D eigenvalue weighted by molar-refractivity contribution is -0.899. The maximum atomic E-state index is 14.1. The Labute approximate surface area is 245 Å². The molecule has 0 aliphatic rings. The fraction of sp³-hybridized carbons (Fsp3) is 1.00. The minimum atomic E-state index is -6.75. The second kappa shape index (κ2) is 16.3. The average molecular weight is 720 g/mol. The lowest BCUT2D eigenvalue weighted by Crippen LogP contribution is -2.69. The molecule has 0 rings (SSSR count). The van der Waals surface area contributed by atoms with E-state index in [1.54, 1.807) is 0 Å². The van der Waals surface area contributed by atoms with E-state index in [1.165, 1.54) is 0 Å². The average Bonchev–Trinajstić information content (AvgIpc) is 2.90. The van der Waals surface area contributed by atoms with Crippen LogP contribution < -0.4 is 0 Å². The molecule has 0 fully saturated rings. The first-order chi connectivity index (χ1) is 19.3. The quantitative estimate of drug-likeness (QED) is 0.0368. The number of quaternary nitrogens is 1. The molecule has 0 aromatic heterocycles. The first-order valence-corrected chi connectivity index (χ1v) is 18.2. The summed E-state index contributed by atoms with van der Waals surface area (Å²) in [5.74, 6) is 0. The van der Waals surface area contributed by atoms with Crippen molar-refractivity contribution in [3.63, 3.8) is 0 Å². The van der Waals surface area contributed by atoms with Crippen LogP contribution in [0.2, 0.25) is 0 Å². The molecule has 0 aromatic carbocycles. The first-order valence-electron chi connectivity index (χ1n) is 11.9. The van der Waals surface area contributed by atoms with Crippen LogP contribution in [-0.4, -0.2) is 179 Å². The highest BCUT2D eigenvalue weighted by Crippen LogP contribution is 2.91. The van der Waals surface area contributed by atoms with Crippen LogP contribution in [0.15, 0.2) is 0 Å². The summed E-state index contributed by atoms with van der Waals surface area (Å²) in [4.78, 5) is 44.5. The van der Waals surface area contributed by atoms with Crippen LogP contribution in [0.1, 0.15) is 0 Å². The third-order valence-electron chi connectivity index (χ3n) is 5.57. The van der Waals surface area contributed by atoms with Gasteiger partial charge in [-0.25, -0.2) is 0 Å². The zero-order valence-electron chi connectivity index (χ0n) is 23.3. The van der Waals surface area contributed by atoms with E-state index in [9.17, 15) is 63.4 Å². The van der Waals surface area contributed by atoms with Crippen molar-refractivity contribution < 1.29 is 106 Å². The molecule has 0 amide bonds. The summed E-state index contributed by atoms with van der Waals surface area (Å²) >= 11 is 0. The van der Waals surface area contributed by atoms with Gasteiger partial charge in [0.15, 0.2) is 0 Å². The number of aliphatic hydroxyl groups is 9. The van der Waals surface area contributed by atoms with E-state index in [0.717, 1.165) is 0 Å². The zero-order valence-corrected chi connectivity index (χ0v) is 26.9. The minimum Gasteiger partial charge on any atom is -0.394 e. The Morgan fingerprint density at radius 1 is 0.535 bits per heavy atom. The van der Waals surface area contributed by atoms with Crippen molar-refractivity contribution in [1.29, 1.82) is 0 Å². The largest absolute Gasteiger partial charge is 0.405 e. The van der Waals surface area contributed by atoms with E-state index >= 15 is 0 Å². The van der Waals surface area contributed by atoms with Gasteiger partial charge in [0.25, 0.3) is 0 Å². The van der Waals surface area contributed by atoms with Crippen molar-refractivity contribution in [3.05, 3.63) is 0 Å². The fourth-order valence-electron chi connectivity index (χ4n) is 3.60. The summed E-state index contributed by atoms with van der Waals surface area (Å²) in [6, 6.07) is 0.